The van der Waals surface area contributed by atoms with Gasteiger partial charge >= 0.3 is 0 Å². The summed E-state index contributed by atoms with van der Waals surface area (Å²) in [4.78, 5) is 12.5. The molecule has 0 radical (unpaired) electrons. The predicted molar refractivity (Wildman–Crippen MR) is 102 cm³/mol. The Hall–Kier alpha value is -3.28. The number of hydrogen-bond acceptors (Lipinski definition) is 5. The van der Waals surface area contributed by atoms with Crippen molar-refractivity contribution in [3.05, 3.63) is 71.1 Å². The van der Waals surface area contributed by atoms with Crippen LogP contribution in [0.15, 0.2) is 53.1 Å². The third-order valence-electron chi connectivity index (χ3n) is 4.08. The molecule has 0 fully saturated rings. The van der Waals surface area contributed by atoms with Crippen molar-refractivity contribution >= 4 is 11.6 Å². The van der Waals surface area contributed by atoms with E-state index in [9.17, 15) is 4.79 Å². The molecule has 0 bridgehead atoms. The van der Waals surface area contributed by atoms with Crippen LogP contribution in [0.1, 0.15) is 34.3 Å². The smallest absolute Gasteiger partial charge is 0.255 e. The molecule has 0 aliphatic rings. The topological polar surface area (TPSA) is 73.6 Å². The molecule has 0 unspecified atom stereocenters. The fourth-order valence-electron chi connectivity index (χ4n) is 2.60. The molecule has 1 heterocycles. The number of amides is 1. The summed E-state index contributed by atoms with van der Waals surface area (Å²) in [6.07, 6.45) is 0. The first kappa shape index (κ1) is 18.5. The molecule has 0 spiro atoms. The van der Waals surface area contributed by atoms with Crippen molar-refractivity contribution < 1.29 is 18.8 Å². The average molecular weight is 366 g/mol. The first-order chi connectivity index (χ1) is 13.1. The molecule has 3 aromatic rings. The molecule has 2 aromatic carbocycles. The zero-order chi connectivity index (χ0) is 19.2. The zero-order valence-corrected chi connectivity index (χ0v) is 15.6. The van der Waals surface area contributed by atoms with Crippen molar-refractivity contribution in [3.63, 3.8) is 0 Å². The largest absolute Gasteiger partial charge is 0.494 e. The maximum absolute atomic E-state index is 12.5. The quantitative estimate of drug-likeness (QED) is 0.665. The second-order valence-electron chi connectivity index (χ2n) is 6.03. The molecular formula is C21H22N2O4. The Balaban J connectivity index is 1.64. The van der Waals surface area contributed by atoms with Crippen LogP contribution in [0.25, 0.3) is 0 Å². The highest BCUT2D eigenvalue weighted by atomic mass is 16.5. The van der Waals surface area contributed by atoms with Crippen molar-refractivity contribution in [1.82, 2.24) is 5.16 Å². The van der Waals surface area contributed by atoms with Crippen LogP contribution < -0.4 is 14.8 Å². The molecule has 0 saturated carbocycles. The van der Waals surface area contributed by atoms with Crippen LogP contribution in [-0.4, -0.2) is 17.7 Å². The van der Waals surface area contributed by atoms with Gasteiger partial charge in [-0.25, -0.2) is 0 Å². The van der Waals surface area contributed by atoms with E-state index in [0.717, 1.165) is 22.8 Å². The maximum atomic E-state index is 12.5. The summed E-state index contributed by atoms with van der Waals surface area (Å²) in [6.45, 7) is 6.59. The number of carbonyl (C=O) groups is 1. The number of nitrogens with zero attached hydrogens (tertiary/aromatic N) is 1. The summed E-state index contributed by atoms with van der Waals surface area (Å²) in [7, 11) is 0. The maximum Gasteiger partial charge on any atom is 0.255 e. The molecule has 1 amide bonds. The number of nitrogens with one attached hydrogen (secondary N) is 1. The van der Waals surface area contributed by atoms with Gasteiger partial charge in [0.15, 0.2) is 0 Å². The first-order valence-corrected chi connectivity index (χ1v) is 8.75. The van der Waals surface area contributed by atoms with Crippen LogP contribution in [-0.2, 0) is 6.61 Å². The Kier molecular flexibility index (Phi) is 5.76. The highest BCUT2D eigenvalue weighted by Gasteiger charge is 2.11. The normalized spacial score (nSPS) is 10.5. The molecule has 6 heteroatoms. The summed E-state index contributed by atoms with van der Waals surface area (Å²) in [6, 6.07) is 14.3. The number of hydrogen-bond donors (Lipinski definition) is 1. The van der Waals surface area contributed by atoms with Crippen LogP contribution in [0.5, 0.6) is 11.5 Å². The average Bonchev–Trinajstić information content (AvgIpc) is 3.00. The molecule has 27 heavy (non-hydrogen) atoms. The molecule has 1 aromatic heterocycles. The Morgan fingerprint density at radius 3 is 2.52 bits per heavy atom. The highest BCUT2D eigenvalue weighted by Crippen LogP contribution is 2.20. The van der Waals surface area contributed by atoms with Crippen LogP contribution in [0.4, 0.5) is 5.69 Å². The fourth-order valence-corrected chi connectivity index (χ4v) is 2.60. The van der Waals surface area contributed by atoms with Gasteiger partial charge in [-0.3, -0.25) is 4.79 Å². The Labute approximate surface area is 158 Å². The molecule has 0 atom stereocenters. The number of aromatic nitrogens is 1. The standard InChI is InChI=1S/C21H22N2O4/c1-4-25-18-10-8-17(9-11-18)22-21(24)16-6-5-7-19(12-16)26-13-20-14(2)23-27-15(20)3/h5-12H,4,13H2,1-3H3,(H,22,24). The van der Waals surface area contributed by atoms with Crippen LogP contribution in [0.3, 0.4) is 0 Å². The van der Waals surface area contributed by atoms with E-state index < -0.39 is 0 Å². The molecule has 0 aliphatic heterocycles. The van der Waals surface area contributed by atoms with Crippen molar-refractivity contribution in [3.8, 4) is 11.5 Å². The monoisotopic (exact) mass is 366 g/mol. The van der Waals surface area contributed by atoms with Gasteiger partial charge in [-0.05, 0) is 63.2 Å². The van der Waals surface area contributed by atoms with Gasteiger partial charge in [-0.2, -0.15) is 0 Å². The molecule has 140 valence electrons. The number of rotatable bonds is 7. The van der Waals surface area contributed by atoms with E-state index in [1.807, 2.05) is 39.0 Å². The van der Waals surface area contributed by atoms with Gasteiger partial charge < -0.3 is 19.3 Å². The lowest BCUT2D eigenvalue weighted by Crippen LogP contribution is -2.12. The van der Waals surface area contributed by atoms with Gasteiger partial charge in [-0.15, -0.1) is 0 Å². The van der Waals surface area contributed by atoms with E-state index in [0.29, 0.717) is 30.2 Å². The Morgan fingerprint density at radius 1 is 1.07 bits per heavy atom. The van der Waals surface area contributed by atoms with Gasteiger partial charge in [0, 0.05) is 11.3 Å². The van der Waals surface area contributed by atoms with Gasteiger partial charge in [0.25, 0.3) is 5.91 Å². The predicted octanol–water partition coefficient (Wildman–Crippen LogP) is 4.52. The van der Waals surface area contributed by atoms with Crippen LogP contribution in [0.2, 0.25) is 0 Å². The summed E-state index contributed by atoms with van der Waals surface area (Å²) < 4.78 is 16.3. The van der Waals surface area contributed by atoms with Crippen molar-refractivity contribution in [2.75, 3.05) is 11.9 Å². The summed E-state index contributed by atoms with van der Waals surface area (Å²) in [5.41, 5.74) is 2.93. The van der Waals surface area contributed by atoms with Gasteiger partial charge in [-0.1, -0.05) is 11.2 Å². The number of ether oxygens (including phenoxy) is 2. The summed E-state index contributed by atoms with van der Waals surface area (Å²) in [5.74, 6) is 1.90. The molecular weight excluding hydrogens is 344 g/mol. The second-order valence-corrected chi connectivity index (χ2v) is 6.03. The van der Waals surface area contributed by atoms with E-state index in [1.54, 1.807) is 30.3 Å². The lowest BCUT2D eigenvalue weighted by atomic mass is 10.2. The summed E-state index contributed by atoms with van der Waals surface area (Å²) >= 11 is 0. The summed E-state index contributed by atoms with van der Waals surface area (Å²) in [5, 5.41) is 6.78. The van der Waals surface area contributed by atoms with Crippen molar-refractivity contribution in [2.24, 2.45) is 0 Å². The number of carbonyl (C=O) groups excluding carboxylic acids is 1. The lowest BCUT2D eigenvalue weighted by Gasteiger charge is -2.09. The fraction of sp³-hybridized carbons (Fsp3) is 0.238. The second kappa shape index (κ2) is 8.40. The number of benzene rings is 2. The van der Waals surface area contributed by atoms with Crippen LogP contribution >= 0.6 is 0 Å². The molecule has 6 nitrogen and oxygen atoms in total. The minimum Gasteiger partial charge on any atom is -0.494 e. The number of aryl methyl sites for hydroxylation is 2. The van der Waals surface area contributed by atoms with Crippen molar-refractivity contribution in [1.29, 1.82) is 0 Å². The number of anilines is 1. The highest BCUT2D eigenvalue weighted by molar-refractivity contribution is 6.04. The van der Waals surface area contributed by atoms with Gasteiger partial charge in [0.05, 0.1) is 17.9 Å². The third kappa shape index (κ3) is 4.67. The zero-order valence-electron chi connectivity index (χ0n) is 15.6. The molecule has 3 rings (SSSR count). The third-order valence-corrected chi connectivity index (χ3v) is 4.08. The Morgan fingerprint density at radius 2 is 1.85 bits per heavy atom. The van der Waals surface area contributed by atoms with Gasteiger partial charge in [0.1, 0.15) is 23.9 Å². The van der Waals surface area contributed by atoms with E-state index in [1.165, 1.54) is 0 Å². The molecule has 1 N–H and O–H groups in total. The van der Waals surface area contributed by atoms with E-state index in [-0.39, 0.29) is 5.91 Å². The van der Waals surface area contributed by atoms with E-state index >= 15 is 0 Å². The van der Waals surface area contributed by atoms with E-state index in [2.05, 4.69) is 10.5 Å². The van der Waals surface area contributed by atoms with Crippen LogP contribution in [0, 0.1) is 13.8 Å². The first-order valence-electron chi connectivity index (χ1n) is 8.75. The van der Waals surface area contributed by atoms with E-state index in [4.69, 9.17) is 14.0 Å². The molecule has 0 aliphatic carbocycles. The van der Waals surface area contributed by atoms with Gasteiger partial charge in [0.2, 0.25) is 0 Å². The molecule has 0 saturated heterocycles. The minimum atomic E-state index is -0.207. The lowest BCUT2D eigenvalue weighted by molar-refractivity contribution is 0.102. The van der Waals surface area contributed by atoms with Crippen molar-refractivity contribution in [2.45, 2.75) is 27.4 Å². The SMILES string of the molecule is CCOc1ccc(NC(=O)c2cccc(OCc3c(C)noc3C)c2)cc1. The minimum absolute atomic E-state index is 0.207. The Bertz CT molecular complexity index is 897.